The summed E-state index contributed by atoms with van der Waals surface area (Å²) in [6.07, 6.45) is 5.97. The Morgan fingerprint density at radius 2 is 1.91 bits per heavy atom. The summed E-state index contributed by atoms with van der Waals surface area (Å²) in [6.45, 7) is 2.50. The van der Waals surface area contributed by atoms with Crippen LogP contribution in [0.25, 0.3) is 0 Å². The van der Waals surface area contributed by atoms with Gasteiger partial charge in [-0.15, -0.1) is 0 Å². The minimum atomic E-state index is -3.17. The van der Waals surface area contributed by atoms with E-state index in [-0.39, 0.29) is 5.75 Å². The molecule has 0 atom stereocenters. The maximum Gasteiger partial charge on any atom is 0.179 e. The van der Waals surface area contributed by atoms with Crippen LogP contribution in [-0.2, 0) is 9.84 Å². The summed E-state index contributed by atoms with van der Waals surface area (Å²) >= 11 is 0. The zero-order valence-electron chi connectivity index (χ0n) is 12.5. The number of benzene rings is 1. The van der Waals surface area contributed by atoms with E-state index in [0.29, 0.717) is 17.4 Å². The molecule has 0 saturated carbocycles. The molecule has 0 bridgehead atoms. The lowest BCUT2D eigenvalue weighted by atomic mass is 9.92. The fraction of sp³-hybridized carbons (Fsp3) is 0.438. The van der Waals surface area contributed by atoms with Crippen molar-refractivity contribution in [1.29, 1.82) is 0 Å². The number of sulfone groups is 1. The fourth-order valence-electron chi connectivity index (χ4n) is 2.97. The van der Waals surface area contributed by atoms with Crippen LogP contribution in [0.3, 0.4) is 0 Å². The molecule has 0 spiro atoms. The summed E-state index contributed by atoms with van der Waals surface area (Å²) in [5, 5.41) is 6.86. The first-order chi connectivity index (χ1) is 10.6. The van der Waals surface area contributed by atoms with Gasteiger partial charge in [0.05, 0.1) is 16.8 Å². The molecule has 118 valence electrons. The van der Waals surface area contributed by atoms with Crippen LogP contribution in [-0.4, -0.2) is 48.9 Å². The van der Waals surface area contributed by atoms with Crippen molar-refractivity contribution in [2.75, 3.05) is 25.4 Å². The Kier molecular flexibility index (Phi) is 4.59. The van der Waals surface area contributed by atoms with E-state index in [2.05, 4.69) is 15.1 Å². The highest BCUT2D eigenvalue weighted by Gasteiger charge is 2.23. The Bertz CT molecular complexity index is 675. The van der Waals surface area contributed by atoms with Gasteiger partial charge in [-0.3, -0.25) is 5.10 Å². The molecule has 0 amide bonds. The molecule has 1 fully saturated rings. The highest BCUT2D eigenvalue weighted by atomic mass is 32.2. The van der Waals surface area contributed by atoms with E-state index in [1.165, 1.54) is 5.56 Å². The second-order valence-corrected chi connectivity index (χ2v) is 7.89. The first kappa shape index (κ1) is 15.2. The highest BCUT2D eigenvalue weighted by Crippen LogP contribution is 2.27. The Balaban J connectivity index is 1.51. The number of piperidine rings is 1. The minimum absolute atomic E-state index is 0.188. The van der Waals surface area contributed by atoms with Gasteiger partial charge in [0, 0.05) is 12.7 Å². The summed E-state index contributed by atoms with van der Waals surface area (Å²) in [5.74, 6) is 0.730. The quantitative estimate of drug-likeness (QED) is 0.916. The molecular formula is C16H21N3O2S. The number of H-pyrrole nitrogens is 1. The predicted molar refractivity (Wildman–Crippen MR) is 85.5 cm³/mol. The van der Waals surface area contributed by atoms with Gasteiger partial charge in [-0.05, 0) is 49.5 Å². The molecule has 3 rings (SSSR count). The molecule has 1 N–H and O–H groups in total. The second-order valence-electron chi connectivity index (χ2n) is 5.78. The van der Waals surface area contributed by atoms with Gasteiger partial charge in [0.1, 0.15) is 0 Å². The maximum absolute atomic E-state index is 12.3. The van der Waals surface area contributed by atoms with Gasteiger partial charge in [-0.25, -0.2) is 8.42 Å². The van der Waals surface area contributed by atoms with Crippen LogP contribution in [0.4, 0.5) is 0 Å². The number of likely N-dealkylation sites (tertiary alicyclic amines) is 1. The summed E-state index contributed by atoms with van der Waals surface area (Å²) in [4.78, 5) is 2.67. The molecule has 0 unspecified atom stereocenters. The summed E-state index contributed by atoms with van der Waals surface area (Å²) in [6, 6.07) is 8.70. The molecule has 1 aliphatic heterocycles. The van der Waals surface area contributed by atoms with Crippen LogP contribution in [0.15, 0.2) is 47.6 Å². The lowest BCUT2D eigenvalue weighted by Gasteiger charge is -2.31. The first-order valence-corrected chi connectivity index (χ1v) is 9.29. The predicted octanol–water partition coefficient (Wildman–Crippen LogP) is 2.06. The Hall–Kier alpha value is -1.66. The van der Waals surface area contributed by atoms with Crippen LogP contribution in [0, 0.1) is 0 Å². The van der Waals surface area contributed by atoms with E-state index < -0.39 is 9.84 Å². The molecular weight excluding hydrogens is 298 g/mol. The third-order valence-electron chi connectivity index (χ3n) is 4.36. The third-order valence-corrected chi connectivity index (χ3v) is 6.07. The Morgan fingerprint density at radius 1 is 1.18 bits per heavy atom. The zero-order valence-corrected chi connectivity index (χ0v) is 13.3. The molecule has 1 aromatic heterocycles. The number of hydrogen-bond donors (Lipinski definition) is 1. The molecule has 0 aliphatic carbocycles. The van der Waals surface area contributed by atoms with Gasteiger partial charge in [-0.2, -0.15) is 5.10 Å². The lowest BCUT2D eigenvalue weighted by molar-refractivity contribution is 0.223. The smallest absolute Gasteiger partial charge is 0.179 e. The monoisotopic (exact) mass is 319 g/mol. The molecule has 5 nitrogen and oxygen atoms in total. The number of aromatic amines is 1. The number of nitrogens with one attached hydrogen (secondary N) is 1. The van der Waals surface area contributed by atoms with E-state index in [1.807, 2.05) is 18.5 Å². The minimum Gasteiger partial charge on any atom is -0.302 e. The van der Waals surface area contributed by atoms with Crippen molar-refractivity contribution in [3.63, 3.8) is 0 Å². The SMILES string of the molecule is O=S(=O)(CCN1CCC(c2cn[nH]c2)CC1)c1ccccc1. The number of aromatic nitrogens is 2. The zero-order chi connectivity index (χ0) is 15.4. The van der Waals surface area contributed by atoms with Crippen LogP contribution < -0.4 is 0 Å². The van der Waals surface area contributed by atoms with Gasteiger partial charge in [0.2, 0.25) is 0 Å². The largest absolute Gasteiger partial charge is 0.302 e. The van der Waals surface area contributed by atoms with Crippen LogP contribution in [0.5, 0.6) is 0 Å². The molecule has 1 aromatic carbocycles. The van der Waals surface area contributed by atoms with Crippen molar-refractivity contribution in [3.05, 3.63) is 48.3 Å². The van der Waals surface area contributed by atoms with Crippen molar-refractivity contribution in [1.82, 2.24) is 15.1 Å². The summed E-state index contributed by atoms with van der Waals surface area (Å²) in [5.41, 5.74) is 1.26. The van der Waals surface area contributed by atoms with Crippen molar-refractivity contribution < 1.29 is 8.42 Å². The van der Waals surface area contributed by atoms with E-state index in [1.54, 1.807) is 24.3 Å². The number of hydrogen-bond acceptors (Lipinski definition) is 4. The average molecular weight is 319 g/mol. The van der Waals surface area contributed by atoms with Crippen molar-refractivity contribution >= 4 is 9.84 Å². The fourth-order valence-corrected chi connectivity index (χ4v) is 4.28. The third kappa shape index (κ3) is 3.56. The lowest BCUT2D eigenvalue weighted by Crippen LogP contribution is -2.36. The van der Waals surface area contributed by atoms with E-state index in [9.17, 15) is 8.42 Å². The van der Waals surface area contributed by atoms with Gasteiger partial charge in [-0.1, -0.05) is 18.2 Å². The molecule has 2 heterocycles. The highest BCUT2D eigenvalue weighted by molar-refractivity contribution is 7.91. The average Bonchev–Trinajstić information content (AvgIpc) is 3.09. The topological polar surface area (TPSA) is 66.1 Å². The molecule has 1 aliphatic rings. The van der Waals surface area contributed by atoms with Gasteiger partial charge >= 0.3 is 0 Å². The van der Waals surface area contributed by atoms with Crippen molar-refractivity contribution in [3.8, 4) is 0 Å². The Morgan fingerprint density at radius 3 is 2.55 bits per heavy atom. The maximum atomic E-state index is 12.3. The van der Waals surface area contributed by atoms with E-state index >= 15 is 0 Å². The van der Waals surface area contributed by atoms with Gasteiger partial charge < -0.3 is 4.90 Å². The molecule has 22 heavy (non-hydrogen) atoms. The van der Waals surface area contributed by atoms with E-state index in [0.717, 1.165) is 25.9 Å². The number of rotatable bonds is 5. The van der Waals surface area contributed by atoms with Gasteiger partial charge in [0.25, 0.3) is 0 Å². The summed E-state index contributed by atoms with van der Waals surface area (Å²) < 4.78 is 24.6. The van der Waals surface area contributed by atoms with Crippen molar-refractivity contribution in [2.24, 2.45) is 0 Å². The van der Waals surface area contributed by atoms with Crippen LogP contribution in [0.1, 0.15) is 24.3 Å². The summed E-state index contributed by atoms with van der Waals surface area (Å²) in [7, 11) is -3.17. The standard InChI is InChI=1S/C16H21N3O2S/c20-22(21,16-4-2-1-3-5-16)11-10-19-8-6-14(7-9-19)15-12-17-18-13-15/h1-5,12-14H,6-11H2,(H,17,18). The molecule has 2 aromatic rings. The van der Waals surface area contributed by atoms with E-state index in [4.69, 9.17) is 0 Å². The Labute approximate surface area is 131 Å². The normalized spacial score (nSPS) is 17.6. The first-order valence-electron chi connectivity index (χ1n) is 7.64. The van der Waals surface area contributed by atoms with Crippen molar-refractivity contribution in [2.45, 2.75) is 23.7 Å². The molecule has 0 radical (unpaired) electrons. The van der Waals surface area contributed by atoms with Crippen LogP contribution >= 0.6 is 0 Å². The molecule has 1 saturated heterocycles. The number of nitrogens with zero attached hydrogens (tertiary/aromatic N) is 2. The van der Waals surface area contributed by atoms with Gasteiger partial charge in [0.15, 0.2) is 9.84 Å². The second kappa shape index (κ2) is 6.62. The molecule has 6 heteroatoms. The van der Waals surface area contributed by atoms with Crippen LogP contribution in [0.2, 0.25) is 0 Å².